The summed E-state index contributed by atoms with van der Waals surface area (Å²) in [7, 11) is 0. The number of thiazole rings is 1. The van der Waals surface area contributed by atoms with Crippen LogP contribution in [-0.4, -0.2) is 17.6 Å². The van der Waals surface area contributed by atoms with Gasteiger partial charge in [-0.05, 0) is 19.4 Å². The molecule has 106 valence electrons. The zero-order valence-electron chi connectivity index (χ0n) is 12.5. The molecular formula is C15H16NNaO3S. The number of carbonyl (C=O) groups is 1. The van der Waals surface area contributed by atoms with Crippen LogP contribution in [0.2, 0.25) is 0 Å². The third-order valence-electron chi connectivity index (χ3n) is 2.78. The maximum absolute atomic E-state index is 10.7. The monoisotopic (exact) mass is 313 g/mol. The van der Waals surface area contributed by atoms with Crippen molar-refractivity contribution in [3.63, 3.8) is 0 Å². The Morgan fingerprint density at radius 2 is 2.19 bits per heavy atom. The summed E-state index contributed by atoms with van der Waals surface area (Å²) in [5.74, 6) is -0.401. The molecule has 0 saturated heterocycles. The molecule has 0 radical (unpaired) electrons. The molecule has 1 aromatic heterocycles. The molecule has 0 aliphatic carbocycles. The maximum Gasteiger partial charge on any atom is 1.00 e. The van der Waals surface area contributed by atoms with E-state index in [9.17, 15) is 9.90 Å². The van der Waals surface area contributed by atoms with Crippen molar-refractivity contribution in [1.82, 2.24) is 4.98 Å². The van der Waals surface area contributed by atoms with Crippen LogP contribution in [0.4, 0.5) is 0 Å². The summed E-state index contributed by atoms with van der Waals surface area (Å²) in [5.41, 5.74) is 2.16. The van der Waals surface area contributed by atoms with Crippen LogP contribution in [0.1, 0.15) is 40.0 Å². The summed E-state index contributed by atoms with van der Waals surface area (Å²) in [5, 5.41) is 13.0. The van der Waals surface area contributed by atoms with Crippen molar-refractivity contribution >= 4 is 17.3 Å². The van der Waals surface area contributed by atoms with Gasteiger partial charge in [0.15, 0.2) is 0 Å². The Kier molecular flexibility index (Phi) is 7.39. The molecule has 0 N–H and O–H groups in total. The first kappa shape index (κ1) is 18.2. The van der Waals surface area contributed by atoms with Gasteiger partial charge in [-0.2, -0.15) is 0 Å². The fourth-order valence-corrected chi connectivity index (χ4v) is 2.63. The molecular weight excluding hydrogens is 297 g/mol. The number of benzene rings is 1. The molecule has 0 amide bonds. The standard InChI is InChI=1S/C15H17NO3S.Na/c1-3-6-19-13-5-4-10(2)7-11(13)8-14-16-12(9-20-14)15(17)18;/h4-5,7,9H,3,6,8H2,1-2H3,(H,17,18);/q;+1/p-1. The minimum atomic E-state index is -1.24. The third-order valence-corrected chi connectivity index (χ3v) is 3.63. The first-order chi connectivity index (χ1) is 9.60. The molecule has 2 aromatic rings. The summed E-state index contributed by atoms with van der Waals surface area (Å²) in [4.78, 5) is 14.8. The van der Waals surface area contributed by atoms with Crippen molar-refractivity contribution < 1.29 is 44.2 Å². The zero-order valence-corrected chi connectivity index (χ0v) is 15.3. The first-order valence-electron chi connectivity index (χ1n) is 6.48. The second-order valence-corrected chi connectivity index (χ2v) is 5.49. The predicted octanol–water partition coefficient (Wildman–Crippen LogP) is -0.801. The van der Waals surface area contributed by atoms with E-state index in [1.165, 1.54) is 16.7 Å². The third kappa shape index (κ3) is 5.11. The van der Waals surface area contributed by atoms with Crippen LogP contribution in [0, 0.1) is 6.92 Å². The minimum Gasteiger partial charge on any atom is -0.543 e. The summed E-state index contributed by atoms with van der Waals surface area (Å²) in [6, 6.07) is 6.00. The van der Waals surface area contributed by atoms with Gasteiger partial charge in [0, 0.05) is 17.4 Å². The first-order valence-corrected chi connectivity index (χ1v) is 7.36. The number of nitrogens with zero attached hydrogens (tertiary/aromatic N) is 1. The minimum absolute atomic E-state index is 0. The predicted molar refractivity (Wildman–Crippen MR) is 76.2 cm³/mol. The molecule has 1 aromatic carbocycles. The average Bonchev–Trinajstić information content (AvgIpc) is 2.87. The van der Waals surface area contributed by atoms with E-state index in [0.717, 1.165) is 28.3 Å². The van der Waals surface area contributed by atoms with E-state index in [4.69, 9.17) is 4.74 Å². The van der Waals surface area contributed by atoms with Crippen molar-refractivity contribution in [2.75, 3.05) is 6.61 Å². The van der Waals surface area contributed by atoms with Crippen LogP contribution in [0.15, 0.2) is 23.6 Å². The topological polar surface area (TPSA) is 62.2 Å². The summed E-state index contributed by atoms with van der Waals surface area (Å²) in [6.07, 6.45) is 1.51. The number of carbonyl (C=O) groups excluding carboxylic acids is 1. The number of aromatic carboxylic acids is 1. The van der Waals surface area contributed by atoms with Gasteiger partial charge in [0.05, 0.1) is 23.3 Å². The summed E-state index contributed by atoms with van der Waals surface area (Å²) in [6.45, 7) is 4.74. The smallest absolute Gasteiger partial charge is 0.543 e. The molecule has 4 nitrogen and oxygen atoms in total. The molecule has 0 atom stereocenters. The second kappa shape index (κ2) is 8.54. The second-order valence-electron chi connectivity index (χ2n) is 4.55. The maximum atomic E-state index is 10.7. The number of ether oxygens (including phenoxy) is 1. The van der Waals surface area contributed by atoms with Crippen LogP contribution < -0.4 is 39.4 Å². The molecule has 0 unspecified atom stereocenters. The molecule has 1 heterocycles. The van der Waals surface area contributed by atoms with E-state index in [-0.39, 0.29) is 35.3 Å². The van der Waals surface area contributed by atoms with Crippen LogP contribution in [-0.2, 0) is 6.42 Å². The van der Waals surface area contributed by atoms with Gasteiger partial charge < -0.3 is 14.6 Å². The molecule has 21 heavy (non-hydrogen) atoms. The van der Waals surface area contributed by atoms with E-state index in [2.05, 4.69) is 11.9 Å². The number of carboxylic acids is 1. The van der Waals surface area contributed by atoms with Crippen LogP contribution in [0.3, 0.4) is 0 Å². The fraction of sp³-hybridized carbons (Fsp3) is 0.333. The zero-order chi connectivity index (χ0) is 14.5. The van der Waals surface area contributed by atoms with Crippen LogP contribution in [0.5, 0.6) is 5.75 Å². The largest absolute Gasteiger partial charge is 1.00 e. The number of hydrogen-bond acceptors (Lipinski definition) is 5. The van der Waals surface area contributed by atoms with Crippen molar-refractivity contribution in [2.45, 2.75) is 26.7 Å². The SMILES string of the molecule is CCCOc1ccc(C)cc1Cc1nc(C(=O)[O-])cs1.[Na+]. The molecule has 0 aliphatic heterocycles. The Balaban J connectivity index is 0.00000220. The molecule has 2 rings (SSSR count). The van der Waals surface area contributed by atoms with Crippen molar-refractivity contribution in [3.05, 3.63) is 45.4 Å². The van der Waals surface area contributed by atoms with Crippen molar-refractivity contribution in [2.24, 2.45) is 0 Å². The molecule has 0 saturated carbocycles. The van der Waals surface area contributed by atoms with Crippen LogP contribution >= 0.6 is 11.3 Å². The van der Waals surface area contributed by atoms with Gasteiger partial charge in [-0.15, -0.1) is 11.3 Å². The number of aryl methyl sites for hydroxylation is 1. The van der Waals surface area contributed by atoms with Gasteiger partial charge in [-0.3, -0.25) is 0 Å². The van der Waals surface area contributed by atoms with Crippen LogP contribution in [0.25, 0.3) is 0 Å². The summed E-state index contributed by atoms with van der Waals surface area (Å²) < 4.78 is 5.72. The number of aromatic nitrogens is 1. The molecule has 0 fully saturated rings. The number of hydrogen-bond donors (Lipinski definition) is 0. The Bertz CT molecular complexity index is 613. The Hall–Kier alpha value is -0.880. The van der Waals surface area contributed by atoms with Gasteiger partial charge in [-0.1, -0.05) is 24.6 Å². The Morgan fingerprint density at radius 3 is 2.81 bits per heavy atom. The van der Waals surface area contributed by atoms with Crippen molar-refractivity contribution in [1.29, 1.82) is 0 Å². The average molecular weight is 313 g/mol. The molecule has 0 aliphatic rings. The Morgan fingerprint density at radius 1 is 1.43 bits per heavy atom. The van der Waals surface area contributed by atoms with E-state index in [1.54, 1.807) is 0 Å². The van der Waals surface area contributed by atoms with Gasteiger partial charge in [0.25, 0.3) is 0 Å². The van der Waals surface area contributed by atoms with E-state index in [1.807, 2.05) is 25.1 Å². The number of carboxylic acid groups (broad SMARTS) is 1. The summed E-state index contributed by atoms with van der Waals surface area (Å²) >= 11 is 1.32. The molecule has 0 bridgehead atoms. The molecule has 0 spiro atoms. The van der Waals surface area contributed by atoms with Gasteiger partial charge >= 0.3 is 29.6 Å². The quantitative estimate of drug-likeness (QED) is 0.655. The fourth-order valence-electron chi connectivity index (χ4n) is 1.85. The van der Waals surface area contributed by atoms with Gasteiger partial charge in [0.2, 0.25) is 0 Å². The van der Waals surface area contributed by atoms with Gasteiger partial charge in [-0.25, -0.2) is 4.98 Å². The van der Waals surface area contributed by atoms with E-state index < -0.39 is 5.97 Å². The van der Waals surface area contributed by atoms with E-state index >= 15 is 0 Å². The molecule has 6 heteroatoms. The van der Waals surface area contributed by atoms with Gasteiger partial charge in [0.1, 0.15) is 5.75 Å². The Labute approximate surface area is 150 Å². The normalized spacial score (nSPS) is 10.0. The van der Waals surface area contributed by atoms with E-state index in [0.29, 0.717) is 13.0 Å². The van der Waals surface area contributed by atoms with Crippen molar-refractivity contribution in [3.8, 4) is 5.75 Å². The number of rotatable bonds is 6.